The Morgan fingerprint density at radius 3 is 2.65 bits per heavy atom. The molecule has 13 heteroatoms. The topological polar surface area (TPSA) is 132 Å². The maximum Gasteiger partial charge on any atom is 0.351 e. The van der Waals surface area contributed by atoms with E-state index in [-0.39, 0.29) is 24.1 Å². The summed E-state index contributed by atoms with van der Waals surface area (Å²) in [4.78, 5) is 27.6. The fourth-order valence-corrected chi connectivity index (χ4v) is 4.41. The SMILES string of the molecule is CCC(=O)[C@H](C)NP(C)(=O)OC[C@H]1O[C@@H](n2ccc(NC(C)C)nc2=O)C(F)(F)[C@@H]1O. The van der Waals surface area contributed by atoms with Crippen molar-refractivity contribution in [1.82, 2.24) is 14.6 Å². The number of Topliss-reactive ketones (excluding diaryl/α,β-unsaturated/α-hetero) is 1. The summed E-state index contributed by atoms with van der Waals surface area (Å²) in [6.45, 7) is 7.35. The molecule has 1 fully saturated rings. The van der Waals surface area contributed by atoms with Gasteiger partial charge in [0.05, 0.1) is 12.6 Å². The van der Waals surface area contributed by atoms with Crippen LogP contribution in [0.1, 0.15) is 40.3 Å². The zero-order valence-corrected chi connectivity index (χ0v) is 18.9. The van der Waals surface area contributed by atoms with Gasteiger partial charge in [-0.3, -0.25) is 13.9 Å². The average molecular weight is 466 g/mol. The van der Waals surface area contributed by atoms with Crippen molar-refractivity contribution in [2.45, 2.75) is 70.6 Å². The maximum atomic E-state index is 14.6. The zero-order chi connectivity index (χ0) is 23.6. The second kappa shape index (κ2) is 9.83. The molecule has 1 saturated heterocycles. The van der Waals surface area contributed by atoms with Gasteiger partial charge in [0, 0.05) is 25.3 Å². The Hall–Kier alpha value is -1.72. The maximum absolute atomic E-state index is 14.6. The first-order chi connectivity index (χ1) is 14.3. The predicted molar refractivity (Wildman–Crippen MR) is 109 cm³/mol. The van der Waals surface area contributed by atoms with Gasteiger partial charge in [0.15, 0.2) is 6.10 Å². The van der Waals surface area contributed by atoms with Gasteiger partial charge in [0.2, 0.25) is 6.23 Å². The van der Waals surface area contributed by atoms with Gasteiger partial charge in [-0.25, -0.2) is 9.88 Å². The Labute approximate surface area is 178 Å². The van der Waals surface area contributed by atoms with Gasteiger partial charge >= 0.3 is 11.6 Å². The molecule has 0 amide bonds. The number of ether oxygens (including phenoxy) is 1. The van der Waals surface area contributed by atoms with Crippen LogP contribution in [0.5, 0.6) is 0 Å². The normalized spacial score (nSPS) is 25.9. The zero-order valence-electron chi connectivity index (χ0n) is 18.0. The number of hydrogen-bond acceptors (Lipinski definition) is 8. The van der Waals surface area contributed by atoms with E-state index in [1.54, 1.807) is 6.92 Å². The van der Waals surface area contributed by atoms with Crippen molar-refractivity contribution in [3.8, 4) is 0 Å². The van der Waals surface area contributed by atoms with Gasteiger partial charge in [-0.2, -0.15) is 13.8 Å². The number of nitrogens with zero attached hydrogens (tertiary/aromatic N) is 2. The number of rotatable bonds is 10. The van der Waals surface area contributed by atoms with Crippen LogP contribution in [0.3, 0.4) is 0 Å². The number of hydrogen-bond donors (Lipinski definition) is 3. The number of anilines is 1. The summed E-state index contributed by atoms with van der Waals surface area (Å²) in [7, 11) is -3.55. The largest absolute Gasteiger partial charge is 0.384 e. The standard InChI is InChI=1S/C18H29F2N4O6P/c1-6-12(25)11(4)23-31(5,28)29-9-13-15(26)18(19,20)16(30-13)24-8-7-14(21-10(2)3)22-17(24)27/h7-8,10-11,13,15-16,26H,6,9H2,1-5H3,(H,23,28)(H,21,22,27)/t11-,13+,15+,16+,31?/m0/s1. The van der Waals surface area contributed by atoms with Crippen molar-refractivity contribution in [2.24, 2.45) is 0 Å². The Bertz CT molecular complexity index is 896. The number of ketones is 1. The minimum absolute atomic E-state index is 0.0241. The van der Waals surface area contributed by atoms with Crippen LogP contribution in [0.25, 0.3) is 0 Å². The fraction of sp³-hybridized carbons (Fsp3) is 0.722. The first kappa shape index (κ1) is 25.5. The van der Waals surface area contributed by atoms with Crippen molar-refractivity contribution in [1.29, 1.82) is 0 Å². The fourth-order valence-electron chi connectivity index (χ4n) is 3.06. The molecule has 1 aliphatic rings. The highest BCUT2D eigenvalue weighted by Gasteiger charge is 2.60. The van der Waals surface area contributed by atoms with Crippen molar-refractivity contribution in [3.63, 3.8) is 0 Å². The van der Waals surface area contributed by atoms with Crippen LogP contribution in [-0.2, 0) is 18.6 Å². The van der Waals surface area contributed by atoms with E-state index in [0.717, 1.165) is 6.20 Å². The van der Waals surface area contributed by atoms with Crippen LogP contribution in [0, 0.1) is 0 Å². The molecular formula is C18H29F2N4O6P. The van der Waals surface area contributed by atoms with Gasteiger partial charge in [-0.05, 0) is 26.8 Å². The highest BCUT2D eigenvalue weighted by atomic mass is 31.2. The number of carbonyl (C=O) groups is 1. The van der Waals surface area contributed by atoms with Crippen LogP contribution < -0.4 is 16.1 Å². The third-order valence-corrected chi connectivity index (χ3v) is 6.14. The lowest BCUT2D eigenvalue weighted by atomic mass is 10.1. The molecule has 10 nitrogen and oxygen atoms in total. The molecule has 1 unspecified atom stereocenters. The molecule has 1 aromatic rings. The molecule has 31 heavy (non-hydrogen) atoms. The van der Waals surface area contributed by atoms with E-state index in [1.807, 2.05) is 13.8 Å². The monoisotopic (exact) mass is 466 g/mol. The molecule has 0 spiro atoms. The summed E-state index contributed by atoms with van der Waals surface area (Å²) in [5, 5.41) is 15.5. The third-order valence-electron chi connectivity index (χ3n) is 4.64. The van der Waals surface area contributed by atoms with Crippen LogP contribution >= 0.6 is 7.52 Å². The van der Waals surface area contributed by atoms with Crippen molar-refractivity contribution >= 4 is 19.1 Å². The summed E-state index contributed by atoms with van der Waals surface area (Å²) in [5.41, 5.74) is -0.987. The number of halogens is 2. The molecule has 0 bridgehead atoms. The average Bonchev–Trinajstić information content (AvgIpc) is 2.88. The number of aromatic nitrogens is 2. The molecule has 1 aromatic heterocycles. The van der Waals surface area contributed by atoms with E-state index in [1.165, 1.54) is 19.7 Å². The highest BCUT2D eigenvalue weighted by molar-refractivity contribution is 7.56. The Morgan fingerprint density at radius 1 is 1.45 bits per heavy atom. The lowest BCUT2D eigenvalue weighted by Gasteiger charge is -2.22. The molecule has 0 radical (unpaired) electrons. The van der Waals surface area contributed by atoms with E-state index >= 15 is 0 Å². The summed E-state index contributed by atoms with van der Waals surface area (Å²) in [6, 6.07) is 0.559. The van der Waals surface area contributed by atoms with E-state index in [9.17, 15) is 28.0 Å². The molecule has 1 aliphatic heterocycles. The summed E-state index contributed by atoms with van der Waals surface area (Å²) in [5.74, 6) is -3.81. The lowest BCUT2D eigenvalue weighted by Crippen LogP contribution is -2.42. The van der Waals surface area contributed by atoms with Crippen molar-refractivity contribution in [3.05, 3.63) is 22.7 Å². The number of alkyl halides is 2. The molecule has 3 N–H and O–H groups in total. The number of aliphatic hydroxyl groups is 1. The number of carbonyl (C=O) groups excluding carboxylic acids is 1. The van der Waals surface area contributed by atoms with E-state index in [0.29, 0.717) is 4.57 Å². The van der Waals surface area contributed by atoms with Crippen LogP contribution in [-0.4, -0.2) is 63.9 Å². The van der Waals surface area contributed by atoms with E-state index < -0.39 is 50.2 Å². The van der Waals surface area contributed by atoms with Crippen LogP contribution in [0.15, 0.2) is 17.1 Å². The first-order valence-corrected chi connectivity index (χ1v) is 11.9. The Balaban J connectivity index is 2.12. The van der Waals surface area contributed by atoms with Gasteiger partial charge in [0.25, 0.3) is 7.52 Å². The Morgan fingerprint density at radius 2 is 2.10 bits per heavy atom. The van der Waals surface area contributed by atoms with Gasteiger partial charge in [-0.15, -0.1) is 0 Å². The van der Waals surface area contributed by atoms with Crippen molar-refractivity contribution in [2.75, 3.05) is 18.6 Å². The molecule has 176 valence electrons. The smallest absolute Gasteiger partial charge is 0.351 e. The molecule has 2 rings (SSSR count). The molecular weight excluding hydrogens is 437 g/mol. The Kier molecular flexibility index (Phi) is 8.10. The number of nitrogens with one attached hydrogen (secondary N) is 2. The summed E-state index contributed by atoms with van der Waals surface area (Å²) >= 11 is 0. The second-order valence-corrected chi connectivity index (χ2v) is 9.97. The third kappa shape index (κ3) is 6.17. The van der Waals surface area contributed by atoms with E-state index in [4.69, 9.17) is 9.26 Å². The minimum Gasteiger partial charge on any atom is -0.384 e. The second-order valence-electron chi connectivity index (χ2n) is 7.76. The summed E-state index contributed by atoms with van der Waals surface area (Å²) in [6.07, 6.45) is -4.67. The molecule has 0 saturated carbocycles. The van der Waals surface area contributed by atoms with Gasteiger partial charge in [0.1, 0.15) is 17.7 Å². The van der Waals surface area contributed by atoms with Gasteiger partial charge in [-0.1, -0.05) is 6.92 Å². The molecule has 0 aromatic carbocycles. The van der Waals surface area contributed by atoms with E-state index in [2.05, 4.69) is 15.4 Å². The van der Waals surface area contributed by atoms with Crippen LogP contribution in [0.4, 0.5) is 14.6 Å². The molecule has 2 heterocycles. The predicted octanol–water partition coefficient (Wildman–Crippen LogP) is 1.75. The van der Waals surface area contributed by atoms with Crippen LogP contribution in [0.2, 0.25) is 0 Å². The molecule has 0 aliphatic carbocycles. The first-order valence-electron chi connectivity index (χ1n) is 9.88. The summed E-state index contributed by atoms with van der Waals surface area (Å²) < 4.78 is 52.8. The highest BCUT2D eigenvalue weighted by Crippen LogP contribution is 2.45. The lowest BCUT2D eigenvalue weighted by molar-refractivity contribution is -0.140. The molecule has 5 atom stereocenters. The van der Waals surface area contributed by atoms with Crippen molar-refractivity contribution < 1.29 is 32.5 Å². The van der Waals surface area contributed by atoms with Gasteiger partial charge < -0.3 is 19.7 Å². The minimum atomic E-state index is -3.83. The quantitative estimate of drug-likeness (QED) is 0.441. The number of aliphatic hydroxyl groups excluding tert-OH is 1.